The van der Waals surface area contributed by atoms with Gasteiger partial charge in [0.15, 0.2) is 0 Å². The van der Waals surface area contributed by atoms with Gasteiger partial charge in [0.25, 0.3) is 0 Å². The average molecular weight is 468 g/mol. The number of ether oxygens (including phenoxy) is 1. The minimum atomic E-state index is -0.838. The van der Waals surface area contributed by atoms with E-state index in [0.29, 0.717) is 11.4 Å². The van der Waals surface area contributed by atoms with Crippen LogP contribution in [0.15, 0.2) is 24.5 Å². The molecule has 174 valence electrons. The van der Waals surface area contributed by atoms with Crippen molar-refractivity contribution in [2.45, 2.75) is 52.2 Å². The molecule has 1 aliphatic carbocycles. The first kappa shape index (κ1) is 23.0. The summed E-state index contributed by atoms with van der Waals surface area (Å²) in [6, 6.07) is 3.97. The molecule has 8 nitrogen and oxygen atoms in total. The smallest absolute Gasteiger partial charge is 0.317 e. The van der Waals surface area contributed by atoms with Crippen LogP contribution in [-0.2, 0) is 17.6 Å². The number of allylic oxidation sites excluding steroid dienone is 1. The van der Waals surface area contributed by atoms with E-state index in [4.69, 9.17) is 15.6 Å². The van der Waals surface area contributed by atoms with Crippen molar-refractivity contribution in [3.8, 4) is 5.75 Å². The fourth-order valence-electron chi connectivity index (χ4n) is 4.12. The van der Waals surface area contributed by atoms with Gasteiger partial charge in [-0.1, -0.05) is 12.2 Å². The number of nitrogen functional groups attached to an aromatic ring is 1. The van der Waals surface area contributed by atoms with Gasteiger partial charge in [-0.2, -0.15) is 0 Å². The fraction of sp³-hybridized carbons (Fsp3) is 0.375. The Morgan fingerprint density at radius 3 is 2.94 bits per heavy atom. The van der Waals surface area contributed by atoms with Gasteiger partial charge in [0.1, 0.15) is 22.7 Å². The molecule has 9 heteroatoms. The lowest BCUT2D eigenvalue weighted by Gasteiger charge is -2.23. The number of aryl methyl sites for hydroxylation is 1. The van der Waals surface area contributed by atoms with Crippen LogP contribution in [-0.4, -0.2) is 39.7 Å². The minimum absolute atomic E-state index is 0.00733. The van der Waals surface area contributed by atoms with Crippen molar-refractivity contribution in [3.63, 3.8) is 0 Å². The maximum Gasteiger partial charge on any atom is 0.317 e. The van der Waals surface area contributed by atoms with Crippen LogP contribution in [0, 0.1) is 0 Å². The summed E-state index contributed by atoms with van der Waals surface area (Å²) in [6.45, 7) is 5.89. The van der Waals surface area contributed by atoms with Crippen molar-refractivity contribution < 1.29 is 14.6 Å². The summed E-state index contributed by atoms with van der Waals surface area (Å²) in [7, 11) is 0. The van der Waals surface area contributed by atoms with Crippen LogP contribution >= 0.6 is 11.3 Å². The van der Waals surface area contributed by atoms with Gasteiger partial charge in [0.2, 0.25) is 0 Å². The molecule has 5 N–H and O–H groups in total. The number of thiophene rings is 1. The quantitative estimate of drug-likeness (QED) is 0.360. The summed E-state index contributed by atoms with van der Waals surface area (Å²) < 4.78 is 6.03. The van der Waals surface area contributed by atoms with Gasteiger partial charge < -0.3 is 26.2 Å². The summed E-state index contributed by atoms with van der Waals surface area (Å²) in [6.07, 6.45) is 7.98. The highest BCUT2D eigenvalue weighted by molar-refractivity contribution is 7.19. The van der Waals surface area contributed by atoms with Gasteiger partial charge in [-0.15, -0.1) is 11.3 Å². The SMILES string of the molecule is CC=Cc1cc(Nc2ncnc3sc4c(c23)CCC(NCC(=O)O)C4)c(OC(C)C)cc1N. The lowest BCUT2D eigenvalue weighted by atomic mass is 9.93. The minimum Gasteiger partial charge on any atom is -0.489 e. The van der Waals surface area contributed by atoms with Gasteiger partial charge in [0, 0.05) is 22.7 Å². The second-order valence-corrected chi connectivity index (χ2v) is 9.47. The molecule has 1 aliphatic rings. The largest absolute Gasteiger partial charge is 0.489 e. The van der Waals surface area contributed by atoms with Gasteiger partial charge in [-0.3, -0.25) is 4.79 Å². The molecular weight excluding hydrogens is 438 g/mol. The third kappa shape index (κ3) is 5.09. The summed E-state index contributed by atoms with van der Waals surface area (Å²) >= 11 is 1.65. The van der Waals surface area contributed by atoms with E-state index in [1.807, 2.05) is 45.1 Å². The van der Waals surface area contributed by atoms with E-state index in [1.165, 1.54) is 10.4 Å². The predicted molar refractivity (Wildman–Crippen MR) is 133 cm³/mol. The van der Waals surface area contributed by atoms with Gasteiger partial charge >= 0.3 is 5.97 Å². The number of carboxylic acids is 1. The topological polar surface area (TPSA) is 122 Å². The van der Waals surface area contributed by atoms with Gasteiger partial charge in [-0.05, 0) is 57.2 Å². The highest BCUT2D eigenvalue weighted by atomic mass is 32.1. The van der Waals surface area contributed by atoms with Crippen LogP contribution in [0.25, 0.3) is 16.3 Å². The standard InChI is InChI=1S/C24H29N5O3S/c1-4-5-14-8-18(19(10-17(14)25)32-13(2)3)29-23-22-16-7-6-15(26-11-21(30)31)9-20(16)33-24(22)28-12-27-23/h4-5,8,10,12-13,15,26H,6-7,9,11,25H2,1-3H3,(H,30,31)(H,27,28,29). The van der Waals surface area contributed by atoms with Crippen molar-refractivity contribution in [1.29, 1.82) is 0 Å². The number of anilines is 3. The van der Waals surface area contributed by atoms with Crippen molar-refractivity contribution in [2.75, 3.05) is 17.6 Å². The molecule has 0 fully saturated rings. The normalized spacial score (nSPS) is 15.8. The Hall–Kier alpha value is -3.17. The number of hydrogen-bond donors (Lipinski definition) is 4. The first-order valence-corrected chi connectivity index (χ1v) is 11.9. The molecule has 33 heavy (non-hydrogen) atoms. The average Bonchev–Trinajstić information content (AvgIpc) is 3.13. The van der Waals surface area contributed by atoms with Crippen LogP contribution in [0.1, 0.15) is 43.2 Å². The maximum atomic E-state index is 10.9. The number of nitrogens with zero attached hydrogens (tertiary/aromatic N) is 2. The number of carbonyl (C=O) groups is 1. The molecule has 4 rings (SSSR count). The van der Waals surface area contributed by atoms with Crippen LogP contribution in [0.2, 0.25) is 0 Å². The third-order valence-corrected chi connectivity index (χ3v) is 6.70. The summed E-state index contributed by atoms with van der Waals surface area (Å²) in [5.41, 5.74) is 9.83. The van der Waals surface area contributed by atoms with E-state index in [-0.39, 0.29) is 18.7 Å². The Kier molecular flexibility index (Phi) is 6.80. The number of nitrogens with two attached hydrogens (primary N) is 1. The van der Waals surface area contributed by atoms with Crippen molar-refractivity contribution in [3.05, 3.63) is 40.5 Å². The van der Waals surface area contributed by atoms with Gasteiger partial charge in [0.05, 0.1) is 23.7 Å². The van der Waals surface area contributed by atoms with E-state index in [1.54, 1.807) is 17.7 Å². The third-order valence-electron chi connectivity index (χ3n) is 5.53. The molecule has 1 atom stereocenters. The molecule has 1 unspecified atom stereocenters. The van der Waals surface area contributed by atoms with Gasteiger partial charge in [-0.25, -0.2) is 9.97 Å². The Labute approximate surface area is 196 Å². The molecule has 0 bridgehead atoms. The molecular formula is C24H29N5O3S. The number of fused-ring (bicyclic) bond motifs is 3. The zero-order valence-electron chi connectivity index (χ0n) is 19.0. The number of carboxylic acid groups (broad SMARTS) is 1. The van der Waals surface area contributed by atoms with Crippen LogP contribution in [0.4, 0.5) is 17.2 Å². The van der Waals surface area contributed by atoms with Crippen molar-refractivity contribution in [1.82, 2.24) is 15.3 Å². The summed E-state index contributed by atoms with van der Waals surface area (Å²) in [5, 5.41) is 16.6. The number of rotatable bonds is 8. The van der Waals surface area contributed by atoms with E-state index in [2.05, 4.69) is 20.6 Å². The number of nitrogens with one attached hydrogen (secondary N) is 2. The Bertz CT molecular complexity index is 1200. The highest BCUT2D eigenvalue weighted by Gasteiger charge is 2.25. The van der Waals surface area contributed by atoms with Crippen molar-refractivity contribution in [2.24, 2.45) is 0 Å². The zero-order valence-corrected chi connectivity index (χ0v) is 19.8. The highest BCUT2D eigenvalue weighted by Crippen LogP contribution is 2.41. The number of aliphatic carboxylic acids is 1. The Balaban J connectivity index is 1.70. The fourth-order valence-corrected chi connectivity index (χ4v) is 5.39. The molecule has 0 saturated heterocycles. The first-order valence-electron chi connectivity index (χ1n) is 11.1. The Morgan fingerprint density at radius 1 is 1.39 bits per heavy atom. The lowest BCUT2D eigenvalue weighted by Crippen LogP contribution is -2.37. The lowest BCUT2D eigenvalue weighted by molar-refractivity contribution is -0.136. The van der Waals surface area contributed by atoms with E-state index in [0.717, 1.165) is 46.5 Å². The molecule has 3 aromatic rings. The van der Waals surface area contributed by atoms with E-state index in [9.17, 15) is 4.79 Å². The summed E-state index contributed by atoms with van der Waals surface area (Å²) in [4.78, 5) is 22.1. The molecule has 0 spiro atoms. The number of aromatic nitrogens is 2. The van der Waals surface area contributed by atoms with Crippen molar-refractivity contribution >= 4 is 50.8 Å². The Morgan fingerprint density at radius 2 is 2.21 bits per heavy atom. The predicted octanol–water partition coefficient (Wildman–Crippen LogP) is 4.37. The van der Waals surface area contributed by atoms with Crippen LogP contribution in [0.5, 0.6) is 5.75 Å². The van der Waals surface area contributed by atoms with Crippen LogP contribution < -0.4 is 21.1 Å². The van der Waals surface area contributed by atoms with E-state index >= 15 is 0 Å². The molecule has 2 heterocycles. The summed E-state index contributed by atoms with van der Waals surface area (Å²) in [5.74, 6) is 0.568. The molecule has 1 aromatic carbocycles. The molecule has 0 aliphatic heterocycles. The molecule has 0 amide bonds. The first-order chi connectivity index (χ1) is 15.9. The van der Waals surface area contributed by atoms with Crippen LogP contribution in [0.3, 0.4) is 0 Å². The molecule has 2 aromatic heterocycles. The number of benzene rings is 1. The molecule has 0 saturated carbocycles. The second-order valence-electron chi connectivity index (χ2n) is 8.39. The monoisotopic (exact) mass is 467 g/mol. The molecule has 0 radical (unpaired) electrons. The second kappa shape index (κ2) is 9.76. The van der Waals surface area contributed by atoms with E-state index < -0.39 is 5.97 Å². The maximum absolute atomic E-state index is 10.9. The number of hydrogen-bond acceptors (Lipinski definition) is 8. The zero-order chi connectivity index (χ0) is 23.5.